The molecule has 0 bridgehead atoms. The summed E-state index contributed by atoms with van der Waals surface area (Å²) in [6.07, 6.45) is -1.38. The Morgan fingerprint density at radius 1 is 1.10 bits per heavy atom. The highest BCUT2D eigenvalue weighted by atomic mass is 19.4. The smallest absolute Gasteiger partial charge is 0.382 e. The van der Waals surface area contributed by atoms with Gasteiger partial charge in [0.1, 0.15) is 0 Å². The Morgan fingerprint density at radius 3 is 2.74 bits per heavy atom. The van der Waals surface area contributed by atoms with E-state index in [-0.39, 0.29) is 5.82 Å². The highest BCUT2D eigenvalue weighted by Gasteiger charge is 2.30. The summed E-state index contributed by atoms with van der Waals surface area (Å²) < 4.78 is 39.4. The lowest BCUT2D eigenvalue weighted by molar-refractivity contribution is -0.137. The van der Waals surface area contributed by atoms with Crippen molar-refractivity contribution in [2.24, 2.45) is 0 Å². The van der Waals surface area contributed by atoms with Crippen LogP contribution in [0.5, 0.6) is 0 Å². The van der Waals surface area contributed by atoms with Crippen LogP contribution in [0.15, 0.2) is 54.7 Å². The van der Waals surface area contributed by atoms with Crippen LogP contribution < -0.4 is 15.5 Å². The Bertz CT molecular complexity index is 1070. The normalized spacial score (nSPS) is 14.1. The van der Waals surface area contributed by atoms with Crippen molar-refractivity contribution in [2.75, 3.05) is 28.6 Å². The molecule has 2 N–H and O–H groups in total. The van der Waals surface area contributed by atoms with Gasteiger partial charge in [-0.2, -0.15) is 18.3 Å². The average molecular weight is 428 g/mol. The van der Waals surface area contributed by atoms with E-state index in [2.05, 4.69) is 25.8 Å². The van der Waals surface area contributed by atoms with Crippen molar-refractivity contribution in [1.82, 2.24) is 15.2 Å². The van der Waals surface area contributed by atoms with E-state index in [0.717, 1.165) is 25.0 Å². The third kappa shape index (κ3) is 4.73. The Morgan fingerprint density at radius 2 is 1.97 bits per heavy atom. The first-order chi connectivity index (χ1) is 14.9. The number of alkyl halides is 3. The Kier molecular flexibility index (Phi) is 5.70. The third-order valence-corrected chi connectivity index (χ3v) is 4.79. The number of nitrogens with one attached hydrogen (secondary N) is 2. The van der Waals surface area contributed by atoms with E-state index in [1.54, 1.807) is 30.3 Å². The van der Waals surface area contributed by atoms with E-state index >= 15 is 0 Å². The number of aromatic nitrogens is 3. The number of pyridine rings is 1. The summed E-state index contributed by atoms with van der Waals surface area (Å²) in [5.41, 5.74) is 0.525. The van der Waals surface area contributed by atoms with Crippen LogP contribution in [-0.2, 0) is 6.18 Å². The van der Waals surface area contributed by atoms with Gasteiger partial charge in [-0.1, -0.05) is 12.1 Å². The molecular formula is C21H19F3N6O. The maximum Gasteiger partial charge on any atom is 0.416 e. The first-order valence-corrected chi connectivity index (χ1v) is 9.70. The molecule has 0 spiro atoms. The number of amides is 2. The lowest BCUT2D eigenvalue weighted by atomic mass is 10.1. The highest BCUT2D eigenvalue weighted by molar-refractivity contribution is 6.02. The molecule has 0 saturated carbocycles. The van der Waals surface area contributed by atoms with E-state index in [1.165, 1.54) is 17.2 Å². The molecule has 31 heavy (non-hydrogen) atoms. The van der Waals surface area contributed by atoms with Crippen LogP contribution in [0.1, 0.15) is 18.4 Å². The van der Waals surface area contributed by atoms with Crippen molar-refractivity contribution in [3.05, 3.63) is 60.3 Å². The monoisotopic (exact) mass is 428 g/mol. The molecule has 1 aliphatic heterocycles. The van der Waals surface area contributed by atoms with E-state index < -0.39 is 17.8 Å². The molecule has 7 nitrogen and oxygen atoms in total. The summed E-state index contributed by atoms with van der Waals surface area (Å²) in [6.45, 7) is 1.11. The van der Waals surface area contributed by atoms with Crippen LogP contribution in [0.4, 0.5) is 35.3 Å². The van der Waals surface area contributed by atoms with Crippen molar-refractivity contribution in [2.45, 2.75) is 19.0 Å². The molecule has 0 unspecified atom stereocenters. The summed E-state index contributed by atoms with van der Waals surface area (Å²) in [7, 11) is 0. The largest absolute Gasteiger partial charge is 0.416 e. The van der Waals surface area contributed by atoms with Gasteiger partial charge >= 0.3 is 12.2 Å². The molecular weight excluding hydrogens is 409 g/mol. The van der Waals surface area contributed by atoms with E-state index in [1.807, 2.05) is 0 Å². The van der Waals surface area contributed by atoms with Gasteiger partial charge < -0.3 is 5.32 Å². The Balaban J connectivity index is 1.71. The topological polar surface area (TPSA) is 83.0 Å². The number of rotatable bonds is 2. The Hall–Kier alpha value is -3.69. The van der Waals surface area contributed by atoms with Crippen molar-refractivity contribution in [3.63, 3.8) is 0 Å². The van der Waals surface area contributed by atoms with Gasteiger partial charge in [-0.15, -0.1) is 5.10 Å². The Labute approximate surface area is 176 Å². The first kappa shape index (κ1) is 20.6. The second kappa shape index (κ2) is 8.58. The molecule has 1 aliphatic rings. The van der Waals surface area contributed by atoms with Gasteiger partial charge in [0.15, 0.2) is 11.6 Å². The number of halogens is 3. The maximum absolute atomic E-state index is 13.1. The second-order valence-corrected chi connectivity index (χ2v) is 6.97. The van der Waals surface area contributed by atoms with Crippen LogP contribution in [0.2, 0.25) is 0 Å². The zero-order valence-electron chi connectivity index (χ0n) is 16.4. The van der Waals surface area contributed by atoms with Crippen molar-refractivity contribution in [3.8, 4) is 11.3 Å². The first-order valence-electron chi connectivity index (χ1n) is 9.70. The van der Waals surface area contributed by atoms with E-state index in [0.29, 0.717) is 35.9 Å². The summed E-state index contributed by atoms with van der Waals surface area (Å²) in [5, 5.41) is 13.5. The standard InChI is InChI=1S/C21H19F3N6O/c22-21(23,24)15-6-3-5-14(13-15)16-8-9-17-19(27-16)30(12-2-1-10-25-17)20(31)28-18-7-4-11-26-29-18/h3-9,11,13,25H,1-2,10,12H2,(H,28,29,31). The van der Waals surface area contributed by atoms with Crippen LogP contribution in [-0.4, -0.2) is 34.3 Å². The third-order valence-electron chi connectivity index (χ3n) is 4.79. The lowest BCUT2D eigenvalue weighted by Crippen LogP contribution is -2.38. The van der Waals surface area contributed by atoms with Crippen LogP contribution in [0.25, 0.3) is 11.3 Å². The summed E-state index contributed by atoms with van der Waals surface area (Å²) in [6, 6.07) is 11.1. The number of nitrogens with zero attached hydrogens (tertiary/aromatic N) is 4. The molecule has 3 aromatic rings. The van der Waals surface area contributed by atoms with Gasteiger partial charge in [0, 0.05) is 24.8 Å². The van der Waals surface area contributed by atoms with Gasteiger partial charge in [-0.05, 0) is 49.2 Å². The van der Waals surface area contributed by atoms with Crippen LogP contribution in [0, 0.1) is 0 Å². The van der Waals surface area contributed by atoms with Gasteiger partial charge in [-0.25, -0.2) is 9.78 Å². The van der Waals surface area contributed by atoms with Gasteiger partial charge in [0.25, 0.3) is 0 Å². The number of hydrogen-bond donors (Lipinski definition) is 2. The van der Waals surface area contributed by atoms with Gasteiger partial charge in [0.2, 0.25) is 0 Å². The number of urea groups is 1. The number of carbonyl (C=O) groups excluding carboxylic acids is 1. The van der Waals surface area contributed by atoms with Crippen LogP contribution in [0.3, 0.4) is 0 Å². The fraction of sp³-hybridized carbons (Fsp3) is 0.238. The van der Waals surface area contributed by atoms with E-state index in [9.17, 15) is 18.0 Å². The predicted molar refractivity (Wildman–Crippen MR) is 111 cm³/mol. The SMILES string of the molecule is O=C(Nc1cccnn1)N1CCCCNc2ccc(-c3cccc(C(F)(F)F)c3)nc21. The molecule has 0 atom stereocenters. The molecule has 160 valence electrons. The molecule has 1 aromatic carbocycles. The number of carbonyl (C=O) groups is 1. The van der Waals surface area contributed by atoms with E-state index in [4.69, 9.17) is 0 Å². The fourth-order valence-electron chi connectivity index (χ4n) is 3.27. The fourth-order valence-corrected chi connectivity index (χ4v) is 3.27. The zero-order chi connectivity index (χ0) is 21.8. The molecule has 2 amide bonds. The minimum absolute atomic E-state index is 0.290. The molecule has 4 rings (SSSR count). The summed E-state index contributed by atoms with van der Waals surface area (Å²) in [5.74, 6) is 0.633. The minimum Gasteiger partial charge on any atom is -0.382 e. The molecule has 2 aromatic heterocycles. The molecule has 0 radical (unpaired) electrons. The second-order valence-electron chi connectivity index (χ2n) is 6.97. The molecule has 10 heteroatoms. The van der Waals surface area contributed by atoms with Crippen molar-refractivity contribution >= 4 is 23.4 Å². The molecule has 0 saturated heterocycles. The van der Waals surface area contributed by atoms with Crippen molar-refractivity contribution in [1.29, 1.82) is 0 Å². The molecule has 3 heterocycles. The van der Waals surface area contributed by atoms with Crippen molar-refractivity contribution < 1.29 is 18.0 Å². The molecule has 0 fully saturated rings. The summed E-state index contributed by atoms with van der Waals surface area (Å²) >= 11 is 0. The lowest BCUT2D eigenvalue weighted by Gasteiger charge is -2.27. The average Bonchev–Trinajstić information content (AvgIpc) is 2.74. The zero-order valence-corrected chi connectivity index (χ0v) is 16.4. The molecule has 0 aliphatic carbocycles. The number of anilines is 3. The van der Waals surface area contributed by atoms with Crippen LogP contribution >= 0.6 is 0 Å². The number of hydrogen-bond acceptors (Lipinski definition) is 5. The number of fused-ring (bicyclic) bond motifs is 1. The van der Waals surface area contributed by atoms with Gasteiger partial charge in [0.05, 0.1) is 16.9 Å². The maximum atomic E-state index is 13.1. The number of benzene rings is 1. The minimum atomic E-state index is -4.45. The van der Waals surface area contributed by atoms with Gasteiger partial charge in [-0.3, -0.25) is 10.2 Å². The predicted octanol–water partition coefficient (Wildman–Crippen LogP) is 4.80. The summed E-state index contributed by atoms with van der Waals surface area (Å²) in [4.78, 5) is 19.0. The highest BCUT2D eigenvalue weighted by Crippen LogP contribution is 2.34. The quantitative estimate of drug-likeness (QED) is 0.613.